The van der Waals surface area contributed by atoms with Gasteiger partial charge in [0.05, 0.1) is 35.5 Å². The van der Waals surface area contributed by atoms with Gasteiger partial charge in [0, 0.05) is 89.9 Å². The van der Waals surface area contributed by atoms with E-state index in [-0.39, 0.29) is 80.0 Å². The molecule has 1 amide bonds. The van der Waals surface area contributed by atoms with Gasteiger partial charge in [-0.1, -0.05) is 12.1 Å². The van der Waals surface area contributed by atoms with Crippen molar-refractivity contribution in [2.24, 2.45) is 0 Å². The molecule has 11 N–H and O–H groups in total. The number of phenols is 2. The third-order valence-corrected chi connectivity index (χ3v) is 7.19. The number of benzene rings is 3. The maximum Gasteiger partial charge on any atom is 0.251 e. The van der Waals surface area contributed by atoms with Crippen LogP contribution in [-0.4, -0.2) is 103 Å². The number of ketones is 2. The Hall–Kier alpha value is -3.88. The molecule has 1 aliphatic rings. The number of phenolic OH excluding ortho intramolecular Hbond substituents is 2. The summed E-state index contributed by atoms with van der Waals surface area (Å²) < 4.78 is 0. The fourth-order valence-corrected chi connectivity index (χ4v) is 4.95. The van der Waals surface area contributed by atoms with Crippen LogP contribution in [0, 0.1) is 0 Å². The Morgan fingerprint density at radius 3 is 1.55 bits per heavy atom. The molecule has 0 saturated carbocycles. The average molecular weight is 861 g/mol. The van der Waals surface area contributed by atoms with Crippen molar-refractivity contribution >= 4 is 28.8 Å². The molecule has 3 aromatic rings. The molecule has 49 heavy (non-hydrogen) atoms. The molecule has 0 aromatic heterocycles. The summed E-state index contributed by atoms with van der Waals surface area (Å²) in [7, 11) is 1.82. The van der Waals surface area contributed by atoms with Gasteiger partial charge in [0.2, 0.25) is 11.6 Å². The third kappa shape index (κ3) is 11.6. The predicted molar refractivity (Wildman–Crippen MR) is 185 cm³/mol. The third-order valence-electron chi connectivity index (χ3n) is 7.19. The summed E-state index contributed by atoms with van der Waals surface area (Å²) in [6.07, 6.45) is 0. The van der Waals surface area contributed by atoms with E-state index in [1.165, 1.54) is 12.1 Å². The number of nitrogens with one attached hydrogen (secondary N) is 7. The SMILES string of the molecule is CNNCc1ccc(C(=O)NC(C)C)cc1.O=C1c2c(O)ccc(O)c2C(=O)c2c(NCCNCCO)ccc(NCCNCCO)c21.[Pt]. The summed E-state index contributed by atoms with van der Waals surface area (Å²) in [6.45, 7) is 7.44. The van der Waals surface area contributed by atoms with Gasteiger partial charge in [-0.2, -0.15) is 0 Å². The van der Waals surface area contributed by atoms with Gasteiger partial charge < -0.3 is 47.0 Å². The first kappa shape index (κ1) is 41.3. The maximum atomic E-state index is 13.4. The number of hydrazine groups is 1. The van der Waals surface area contributed by atoms with Crippen LogP contribution in [-0.2, 0) is 27.6 Å². The number of fused-ring (bicyclic) bond motifs is 2. The molecular weight excluding hydrogens is 813 g/mol. The van der Waals surface area contributed by atoms with E-state index in [0.29, 0.717) is 56.2 Å². The van der Waals surface area contributed by atoms with Gasteiger partial charge in [0.25, 0.3) is 5.91 Å². The van der Waals surface area contributed by atoms with Crippen molar-refractivity contribution < 1.29 is 55.9 Å². The minimum atomic E-state index is -0.559. The number of aromatic hydroxyl groups is 2. The fraction of sp³-hybridized carbons (Fsp3) is 0.382. The van der Waals surface area contributed by atoms with Crippen LogP contribution in [0.4, 0.5) is 11.4 Å². The molecule has 3 aromatic carbocycles. The van der Waals surface area contributed by atoms with Crippen molar-refractivity contribution in [2.75, 3.05) is 70.2 Å². The minimum absolute atomic E-state index is 0. The molecule has 0 saturated heterocycles. The number of aliphatic hydroxyl groups is 2. The molecule has 0 fully saturated rings. The number of carbonyl (C=O) groups is 3. The molecule has 4 rings (SSSR count). The molecule has 270 valence electrons. The van der Waals surface area contributed by atoms with E-state index in [1.807, 2.05) is 45.2 Å². The Morgan fingerprint density at radius 1 is 0.673 bits per heavy atom. The van der Waals surface area contributed by atoms with Crippen molar-refractivity contribution in [3.05, 3.63) is 81.9 Å². The minimum Gasteiger partial charge on any atom is -0.507 e. The van der Waals surface area contributed by atoms with E-state index in [2.05, 4.69) is 37.4 Å². The molecule has 0 unspecified atom stereocenters. The molecule has 1 aliphatic carbocycles. The quantitative estimate of drug-likeness (QED) is 0.0405. The summed E-state index contributed by atoms with van der Waals surface area (Å²) in [5.74, 6) is -1.89. The number of aliphatic hydroxyl groups excluding tert-OH is 2. The first-order chi connectivity index (χ1) is 23.1. The van der Waals surface area contributed by atoms with Crippen LogP contribution in [0.2, 0.25) is 0 Å². The van der Waals surface area contributed by atoms with Crippen LogP contribution >= 0.6 is 0 Å². The topological polar surface area (TPSA) is 216 Å². The van der Waals surface area contributed by atoms with Gasteiger partial charge in [0.15, 0.2) is 0 Å². The largest absolute Gasteiger partial charge is 0.507 e. The first-order valence-corrected chi connectivity index (χ1v) is 15.9. The molecule has 15 heteroatoms. The van der Waals surface area contributed by atoms with Gasteiger partial charge in [0.1, 0.15) is 11.5 Å². The molecule has 0 bridgehead atoms. The molecule has 0 radical (unpaired) electrons. The molecule has 0 heterocycles. The molecule has 0 aliphatic heterocycles. The number of hydrogen-bond donors (Lipinski definition) is 11. The zero-order valence-electron chi connectivity index (χ0n) is 27.9. The Balaban J connectivity index is 0.000000414. The smallest absolute Gasteiger partial charge is 0.251 e. The Morgan fingerprint density at radius 2 is 1.14 bits per heavy atom. The average Bonchev–Trinajstić information content (AvgIpc) is 3.07. The zero-order chi connectivity index (χ0) is 35.1. The van der Waals surface area contributed by atoms with E-state index in [4.69, 9.17) is 10.2 Å². The number of hydrogen-bond acceptors (Lipinski definition) is 13. The van der Waals surface area contributed by atoms with Crippen LogP contribution in [0.5, 0.6) is 11.5 Å². The van der Waals surface area contributed by atoms with E-state index in [9.17, 15) is 24.6 Å². The zero-order valence-corrected chi connectivity index (χ0v) is 30.2. The van der Waals surface area contributed by atoms with Gasteiger partial charge >= 0.3 is 0 Å². The van der Waals surface area contributed by atoms with E-state index in [0.717, 1.165) is 12.1 Å². The van der Waals surface area contributed by atoms with Crippen LogP contribution < -0.4 is 37.4 Å². The van der Waals surface area contributed by atoms with Crippen LogP contribution in [0.15, 0.2) is 48.5 Å². The van der Waals surface area contributed by atoms with Gasteiger partial charge in [-0.15, -0.1) is 0 Å². The Labute approximate surface area is 300 Å². The summed E-state index contributed by atoms with van der Waals surface area (Å²) in [5, 5.41) is 53.4. The Bertz CT molecular complexity index is 1460. The first-order valence-electron chi connectivity index (χ1n) is 15.9. The van der Waals surface area contributed by atoms with Gasteiger partial charge in [-0.25, -0.2) is 0 Å². The number of amides is 1. The molecular formula is C34H47N7O7Pt. The van der Waals surface area contributed by atoms with Crippen LogP contribution in [0.25, 0.3) is 0 Å². The van der Waals surface area contributed by atoms with Crippen molar-refractivity contribution in [3.63, 3.8) is 0 Å². The summed E-state index contributed by atoms with van der Waals surface area (Å²) >= 11 is 0. The van der Waals surface area contributed by atoms with Crippen LogP contribution in [0.3, 0.4) is 0 Å². The molecule has 14 nitrogen and oxygen atoms in total. The second-order valence-corrected chi connectivity index (χ2v) is 11.2. The van der Waals surface area contributed by atoms with Crippen molar-refractivity contribution in [1.82, 2.24) is 26.8 Å². The maximum absolute atomic E-state index is 13.4. The number of anilines is 2. The normalized spacial score (nSPS) is 11.6. The predicted octanol–water partition coefficient (Wildman–Crippen LogP) is 0.907. The summed E-state index contributed by atoms with van der Waals surface area (Å²) in [6, 6.07) is 13.5. The van der Waals surface area contributed by atoms with Gasteiger partial charge in [-0.3, -0.25) is 25.2 Å². The monoisotopic (exact) mass is 860 g/mol. The van der Waals surface area contributed by atoms with Crippen molar-refractivity contribution in [1.29, 1.82) is 0 Å². The standard InChI is InChI=1S/C22H28N4O6.C12H19N3O.Pt/c27-11-9-23-5-7-25-13-1-2-14(26-8-6-24-10-12-28)18-17(13)21(31)19-15(29)3-4-16(30)20(19)22(18)32;1-9(2)15-12(16)11-6-4-10(5-7-11)8-14-13-3;/h1-4,23-30H,5-12H2;4-7,9,13-14H,8H2,1-3H3,(H,15,16);. The summed E-state index contributed by atoms with van der Waals surface area (Å²) in [5.41, 5.74) is 8.35. The number of rotatable bonds is 17. The van der Waals surface area contributed by atoms with Crippen LogP contribution in [0.1, 0.15) is 61.6 Å². The second kappa shape index (κ2) is 21.3. The second-order valence-electron chi connectivity index (χ2n) is 11.2. The molecule has 0 atom stereocenters. The Kier molecular flexibility index (Phi) is 17.9. The number of carbonyl (C=O) groups excluding carboxylic acids is 3. The van der Waals surface area contributed by atoms with E-state index in [1.54, 1.807) is 12.1 Å². The fourth-order valence-electron chi connectivity index (χ4n) is 4.95. The molecule has 0 spiro atoms. The van der Waals surface area contributed by atoms with Crippen molar-refractivity contribution in [3.8, 4) is 11.5 Å². The van der Waals surface area contributed by atoms with Gasteiger partial charge in [-0.05, 0) is 62.9 Å². The van der Waals surface area contributed by atoms with E-state index >= 15 is 0 Å². The summed E-state index contributed by atoms with van der Waals surface area (Å²) in [4.78, 5) is 38.4. The van der Waals surface area contributed by atoms with E-state index < -0.39 is 11.6 Å². The van der Waals surface area contributed by atoms with Crippen molar-refractivity contribution in [2.45, 2.75) is 26.4 Å².